The van der Waals surface area contributed by atoms with Crippen molar-refractivity contribution in [1.29, 1.82) is 0 Å². The molecule has 146 valence electrons. The molecule has 27 heavy (non-hydrogen) atoms. The van der Waals surface area contributed by atoms with E-state index in [1.807, 2.05) is 36.4 Å². The Balaban J connectivity index is 1.71. The van der Waals surface area contributed by atoms with Crippen molar-refractivity contribution in [2.24, 2.45) is 4.99 Å². The number of benzene rings is 2. The Labute approximate surface area is 161 Å². The first-order chi connectivity index (χ1) is 13.2. The first-order valence-electron chi connectivity index (χ1n) is 9.01. The highest BCUT2D eigenvalue weighted by Crippen LogP contribution is 2.27. The fourth-order valence-electron chi connectivity index (χ4n) is 2.63. The van der Waals surface area contributed by atoms with Gasteiger partial charge < -0.3 is 24.8 Å². The van der Waals surface area contributed by atoms with Crippen LogP contribution in [0.5, 0.6) is 17.2 Å². The Morgan fingerprint density at radius 3 is 2.44 bits per heavy atom. The van der Waals surface area contributed by atoms with Crippen LogP contribution in [0.4, 0.5) is 0 Å². The number of hydrogen-bond donors (Lipinski definition) is 2. The fraction of sp³-hybridized carbons (Fsp3) is 0.381. The van der Waals surface area contributed by atoms with Gasteiger partial charge in [-0.25, -0.2) is 0 Å². The molecule has 2 rings (SSSR count). The van der Waals surface area contributed by atoms with E-state index in [1.165, 1.54) is 11.1 Å². The van der Waals surface area contributed by atoms with Gasteiger partial charge in [0.25, 0.3) is 0 Å². The van der Waals surface area contributed by atoms with Gasteiger partial charge in [0.1, 0.15) is 12.4 Å². The Kier molecular flexibility index (Phi) is 8.29. The van der Waals surface area contributed by atoms with Crippen LogP contribution in [-0.2, 0) is 6.42 Å². The van der Waals surface area contributed by atoms with Crippen molar-refractivity contribution in [3.8, 4) is 17.2 Å². The number of aliphatic imine (C=N–C) groups is 1. The molecule has 0 radical (unpaired) electrons. The minimum absolute atomic E-state index is 0.569. The molecule has 2 aromatic rings. The lowest BCUT2D eigenvalue weighted by Crippen LogP contribution is -2.40. The SMILES string of the molecule is CN=C(NCCOc1cccc(C)c1)NCCc1ccc(OC)c(OC)c1. The maximum atomic E-state index is 5.73. The zero-order valence-corrected chi connectivity index (χ0v) is 16.5. The van der Waals surface area contributed by atoms with E-state index >= 15 is 0 Å². The third-order valence-corrected chi connectivity index (χ3v) is 4.03. The molecular formula is C21H29N3O3. The second kappa shape index (κ2) is 11.0. The van der Waals surface area contributed by atoms with Crippen LogP contribution in [-0.4, -0.2) is 46.9 Å². The number of ether oxygens (including phenoxy) is 3. The second-order valence-corrected chi connectivity index (χ2v) is 6.03. The Bertz CT molecular complexity index is 747. The summed E-state index contributed by atoms with van der Waals surface area (Å²) < 4.78 is 16.3. The highest BCUT2D eigenvalue weighted by atomic mass is 16.5. The molecule has 0 saturated heterocycles. The highest BCUT2D eigenvalue weighted by Gasteiger charge is 2.05. The number of guanidine groups is 1. The van der Waals surface area contributed by atoms with Crippen LogP contribution in [0.15, 0.2) is 47.5 Å². The summed E-state index contributed by atoms with van der Waals surface area (Å²) in [5.41, 5.74) is 2.35. The summed E-state index contributed by atoms with van der Waals surface area (Å²) in [4.78, 5) is 4.23. The summed E-state index contributed by atoms with van der Waals surface area (Å²) in [5, 5.41) is 6.55. The first-order valence-corrected chi connectivity index (χ1v) is 9.01. The molecule has 2 N–H and O–H groups in total. The summed E-state index contributed by atoms with van der Waals surface area (Å²) in [6.07, 6.45) is 0.848. The first kappa shape index (κ1) is 20.4. The van der Waals surface area contributed by atoms with E-state index in [9.17, 15) is 0 Å². The molecule has 0 fully saturated rings. The van der Waals surface area contributed by atoms with E-state index < -0.39 is 0 Å². The van der Waals surface area contributed by atoms with Gasteiger partial charge in [0.15, 0.2) is 17.5 Å². The molecule has 6 heteroatoms. The third-order valence-electron chi connectivity index (χ3n) is 4.03. The highest BCUT2D eigenvalue weighted by molar-refractivity contribution is 5.79. The zero-order valence-electron chi connectivity index (χ0n) is 16.5. The van der Waals surface area contributed by atoms with Crippen LogP contribution in [0.2, 0.25) is 0 Å². The van der Waals surface area contributed by atoms with Gasteiger partial charge in [-0.1, -0.05) is 18.2 Å². The minimum atomic E-state index is 0.569. The number of methoxy groups -OCH3 is 2. The number of aryl methyl sites for hydroxylation is 1. The van der Waals surface area contributed by atoms with Crippen LogP contribution in [0.3, 0.4) is 0 Å². The summed E-state index contributed by atoms with van der Waals surface area (Å²) in [6, 6.07) is 14.0. The van der Waals surface area contributed by atoms with Crippen molar-refractivity contribution in [3.05, 3.63) is 53.6 Å². The molecule has 6 nitrogen and oxygen atoms in total. The summed E-state index contributed by atoms with van der Waals surface area (Å²) in [6.45, 7) is 4.05. The van der Waals surface area contributed by atoms with Gasteiger partial charge in [-0.15, -0.1) is 0 Å². The molecule has 0 aliphatic carbocycles. The predicted molar refractivity (Wildman–Crippen MR) is 109 cm³/mol. The minimum Gasteiger partial charge on any atom is -0.493 e. The van der Waals surface area contributed by atoms with Crippen molar-refractivity contribution in [2.45, 2.75) is 13.3 Å². The maximum absolute atomic E-state index is 5.73. The van der Waals surface area contributed by atoms with Gasteiger partial charge in [-0.3, -0.25) is 4.99 Å². The topological polar surface area (TPSA) is 64.1 Å². The average molecular weight is 371 g/mol. The van der Waals surface area contributed by atoms with Crippen molar-refractivity contribution in [1.82, 2.24) is 10.6 Å². The van der Waals surface area contributed by atoms with Gasteiger partial charge in [0.05, 0.1) is 20.8 Å². The lowest BCUT2D eigenvalue weighted by atomic mass is 10.1. The van der Waals surface area contributed by atoms with Crippen molar-refractivity contribution in [2.75, 3.05) is 41.0 Å². The Morgan fingerprint density at radius 1 is 0.963 bits per heavy atom. The molecule has 0 saturated carbocycles. The average Bonchev–Trinajstić information content (AvgIpc) is 2.69. The molecule has 0 aliphatic heterocycles. The third kappa shape index (κ3) is 6.73. The molecular weight excluding hydrogens is 342 g/mol. The molecule has 2 aromatic carbocycles. The van der Waals surface area contributed by atoms with Crippen LogP contribution in [0.1, 0.15) is 11.1 Å². The zero-order chi connectivity index (χ0) is 19.5. The lowest BCUT2D eigenvalue weighted by Gasteiger charge is -2.13. The van der Waals surface area contributed by atoms with Gasteiger partial charge in [0.2, 0.25) is 0 Å². The summed E-state index contributed by atoms with van der Waals surface area (Å²) in [5.74, 6) is 3.11. The van der Waals surface area contributed by atoms with E-state index in [0.29, 0.717) is 13.2 Å². The number of hydrogen-bond acceptors (Lipinski definition) is 4. The molecule has 0 bridgehead atoms. The molecule has 0 spiro atoms. The molecule has 0 heterocycles. The number of nitrogens with zero attached hydrogens (tertiary/aromatic N) is 1. The second-order valence-electron chi connectivity index (χ2n) is 6.03. The van der Waals surface area contributed by atoms with Crippen LogP contribution >= 0.6 is 0 Å². The maximum Gasteiger partial charge on any atom is 0.191 e. The van der Waals surface area contributed by atoms with Gasteiger partial charge >= 0.3 is 0 Å². The fourth-order valence-corrected chi connectivity index (χ4v) is 2.63. The lowest BCUT2D eigenvalue weighted by molar-refractivity contribution is 0.321. The van der Waals surface area contributed by atoms with E-state index in [0.717, 1.165) is 36.2 Å². The van der Waals surface area contributed by atoms with Crippen molar-refractivity contribution < 1.29 is 14.2 Å². The standard InChI is InChI=1S/C21H29N3O3/c1-16-6-5-7-18(14-16)27-13-12-24-21(22-2)23-11-10-17-8-9-19(25-3)20(15-17)26-4/h5-9,14-15H,10-13H2,1-4H3,(H2,22,23,24). The van der Waals surface area contributed by atoms with Gasteiger partial charge in [-0.05, 0) is 48.7 Å². The van der Waals surface area contributed by atoms with E-state index in [2.05, 4.69) is 28.6 Å². The summed E-state index contributed by atoms with van der Waals surface area (Å²) >= 11 is 0. The quantitative estimate of drug-likeness (QED) is 0.403. The molecule has 0 aromatic heterocycles. The van der Waals surface area contributed by atoms with Crippen LogP contribution in [0, 0.1) is 6.92 Å². The number of rotatable bonds is 9. The van der Waals surface area contributed by atoms with Crippen LogP contribution in [0.25, 0.3) is 0 Å². The van der Waals surface area contributed by atoms with E-state index in [1.54, 1.807) is 21.3 Å². The van der Waals surface area contributed by atoms with Gasteiger partial charge in [0, 0.05) is 13.6 Å². The van der Waals surface area contributed by atoms with Crippen LogP contribution < -0.4 is 24.8 Å². The Hall–Kier alpha value is -2.89. The smallest absolute Gasteiger partial charge is 0.191 e. The number of nitrogens with one attached hydrogen (secondary N) is 2. The Morgan fingerprint density at radius 2 is 1.74 bits per heavy atom. The van der Waals surface area contributed by atoms with Crippen molar-refractivity contribution in [3.63, 3.8) is 0 Å². The summed E-state index contributed by atoms with van der Waals surface area (Å²) in [7, 11) is 5.04. The van der Waals surface area contributed by atoms with E-state index in [4.69, 9.17) is 14.2 Å². The normalized spacial score (nSPS) is 11.0. The monoisotopic (exact) mass is 371 g/mol. The van der Waals surface area contributed by atoms with Crippen molar-refractivity contribution >= 4 is 5.96 Å². The molecule has 0 amide bonds. The molecule has 0 atom stereocenters. The van der Waals surface area contributed by atoms with E-state index in [-0.39, 0.29) is 0 Å². The largest absolute Gasteiger partial charge is 0.493 e. The molecule has 0 aliphatic rings. The molecule has 0 unspecified atom stereocenters. The predicted octanol–water partition coefficient (Wildman–Crippen LogP) is 2.80. The van der Waals surface area contributed by atoms with Gasteiger partial charge in [-0.2, -0.15) is 0 Å².